The Kier molecular flexibility index (Phi) is 7.60. The van der Waals surface area contributed by atoms with Crippen molar-refractivity contribution < 1.29 is 9.53 Å². The number of carbonyl (C=O) groups is 1. The van der Waals surface area contributed by atoms with Gasteiger partial charge < -0.3 is 15.8 Å². The summed E-state index contributed by atoms with van der Waals surface area (Å²) in [6.07, 6.45) is 1.36. The van der Waals surface area contributed by atoms with E-state index in [2.05, 4.69) is 5.32 Å². The molecule has 0 heterocycles. The normalized spacial score (nSPS) is 14.0. The van der Waals surface area contributed by atoms with Crippen LogP contribution in [-0.4, -0.2) is 32.2 Å². The molecule has 15 heavy (non-hydrogen) atoms. The summed E-state index contributed by atoms with van der Waals surface area (Å²) < 4.78 is 4.86. The fraction of sp³-hybridized carbons (Fsp3) is 0.800. The van der Waals surface area contributed by atoms with Crippen molar-refractivity contribution in [2.45, 2.75) is 25.8 Å². The van der Waals surface area contributed by atoms with Crippen LogP contribution >= 0.6 is 0 Å². The third-order valence-corrected chi connectivity index (χ3v) is 2.00. The van der Waals surface area contributed by atoms with Gasteiger partial charge in [-0.3, -0.25) is 4.79 Å². The van der Waals surface area contributed by atoms with Gasteiger partial charge in [0.1, 0.15) is 0 Å². The number of carbonyl (C=O) groups excluding carboxylic acids is 1. The second-order valence-corrected chi connectivity index (χ2v) is 3.52. The number of hydrogen-bond acceptors (Lipinski definition) is 4. The van der Waals surface area contributed by atoms with Crippen molar-refractivity contribution in [3.8, 4) is 6.07 Å². The minimum atomic E-state index is -0.508. The first-order valence-corrected chi connectivity index (χ1v) is 5.03. The van der Waals surface area contributed by atoms with Gasteiger partial charge in [0.05, 0.1) is 18.0 Å². The summed E-state index contributed by atoms with van der Waals surface area (Å²) in [5.41, 5.74) is 5.64. The summed E-state index contributed by atoms with van der Waals surface area (Å²) in [6.45, 7) is 2.71. The SMILES string of the molecule is COCCCC(N)C(=O)NCC(C)C#N. The molecule has 0 aromatic rings. The smallest absolute Gasteiger partial charge is 0.236 e. The first kappa shape index (κ1) is 13.9. The molecular weight excluding hydrogens is 194 g/mol. The highest BCUT2D eigenvalue weighted by atomic mass is 16.5. The summed E-state index contributed by atoms with van der Waals surface area (Å²) in [5.74, 6) is -0.381. The molecule has 0 saturated heterocycles. The van der Waals surface area contributed by atoms with Crippen LogP contribution in [0.25, 0.3) is 0 Å². The van der Waals surface area contributed by atoms with Crippen LogP contribution in [0.3, 0.4) is 0 Å². The molecule has 0 bridgehead atoms. The number of nitrogens with one attached hydrogen (secondary N) is 1. The van der Waals surface area contributed by atoms with E-state index in [0.29, 0.717) is 19.6 Å². The molecule has 86 valence electrons. The standard InChI is InChI=1S/C10H19N3O2/c1-8(6-11)7-13-10(14)9(12)4-3-5-15-2/h8-9H,3-5,7,12H2,1-2H3,(H,13,14). The Hall–Kier alpha value is -1.12. The van der Waals surface area contributed by atoms with Gasteiger partial charge in [0.15, 0.2) is 0 Å². The van der Waals surface area contributed by atoms with Crippen molar-refractivity contribution in [2.75, 3.05) is 20.3 Å². The lowest BCUT2D eigenvalue weighted by molar-refractivity contribution is -0.122. The number of nitrogens with two attached hydrogens (primary N) is 1. The first-order valence-electron chi connectivity index (χ1n) is 5.03. The van der Waals surface area contributed by atoms with Crippen molar-refractivity contribution in [1.82, 2.24) is 5.32 Å². The van der Waals surface area contributed by atoms with Crippen LogP contribution in [0.5, 0.6) is 0 Å². The van der Waals surface area contributed by atoms with E-state index in [-0.39, 0.29) is 11.8 Å². The minimum Gasteiger partial charge on any atom is -0.385 e. The maximum atomic E-state index is 11.4. The topological polar surface area (TPSA) is 88.1 Å². The molecule has 5 nitrogen and oxygen atoms in total. The molecular formula is C10H19N3O2. The second kappa shape index (κ2) is 8.21. The Morgan fingerprint density at radius 3 is 2.87 bits per heavy atom. The molecule has 0 radical (unpaired) electrons. The molecule has 0 spiro atoms. The van der Waals surface area contributed by atoms with Gasteiger partial charge >= 0.3 is 0 Å². The van der Waals surface area contributed by atoms with Crippen LogP contribution in [0, 0.1) is 17.2 Å². The maximum Gasteiger partial charge on any atom is 0.236 e. The highest BCUT2D eigenvalue weighted by Crippen LogP contribution is 1.96. The van der Waals surface area contributed by atoms with Crippen LogP contribution in [0.4, 0.5) is 0 Å². The average molecular weight is 213 g/mol. The van der Waals surface area contributed by atoms with E-state index < -0.39 is 6.04 Å². The molecule has 5 heteroatoms. The zero-order valence-electron chi connectivity index (χ0n) is 9.32. The zero-order valence-corrected chi connectivity index (χ0v) is 9.32. The number of nitrogens with zero attached hydrogens (tertiary/aromatic N) is 1. The summed E-state index contributed by atoms with van der Waals surface area (Å²) in [6, 6.07) is 1.53. The molecule has 0 aliphatic rings. The largest absolute Gasteiger partial charge is 0.385 e. The Labute approximate surface area is 90.6 Å². The van der Waals surface area contributed by atoms with Crippen LogP contribution in [-0.2, 0) is 9.53 Å². The van der Waals surface area contributed by atoms with Gasteiger partial charge in [-0.1, -0.05) is 0 Å². The van der Waals surface area contributed by atoms with Crippen LogP contribution in [0.1, 0.15) is 19.8 Å². The fourth-order valence-electron chi connectivity index (χ4n) is 1.01. The predicted molar refractivity (Wildman–Crippen MR) is 56.9 cm³/mol. The monoisotopic (exact) mass is 213 g/mol. The minimum absolute atomic E-state index is 0.180. The van der Waals surface area contributed by atoms with Crippen molar-refractivity contribution in [1.29, 1.82) is 5.26 Å². The predicted octanol–water partition coefficient (Wildman–Crippen LogP) is 0.0162. The molecule has 3 N–H and O–H groups in total. The lowest BCUT2D eigenvalue weighted by Gasteiger charge is -2.12. The summed E-state index contributed by atoms with van der Waals surface area (Å²) in [7, 11) is 1.61. The quantitative estimate of drug-likeness (QED) is 0.583. The number of rotatable bonds is 7. The van der Waals surface area contributed by atoms with Gasteiger partial charge in [-0.2, -0.15) is 5.26 Å². The van der Waals surface area contributed by atoms with Gasteiger partial charge in [-0.05, 0) is 19.8 Å². The number of ether oxygens (including phenoxy) is 1. The van der Waals surface area contributed by atoms with Crippen molar-refractivity contribution in [2.24, 2.45) is 11.7 Å². The van der Waals surface area contributed by atoms with Gasteiger partial charge in [-0.25, -0.2) is 0 Å². The molecule has 0 aromatic carbocycles. The average Bonchev–Trinajstić information content (AvgIpc) is 2.25. The van der Waals surface area contributed by atoms with E-state index in [9.17, 15) is 4.79 Å². The van der Waals surface area contributed by atoms with Crippen molar-refractivity contribution in [3.63, 3.8) is 0 Å². The molecule has 0 saturated carbocycles. The lowest BCUT2D eigenvalue weighted by Crippen LogP contribution is -2.42. The number of methoxy groups -OCH3 is 1. The highest BCUT2D eigenvalue weighted by molar-refractivity contribution is 5.81. The Balaban J connectivity index is 3.65. The van der Waals surface area contributed by atoms with Gasteiger partial charge in [0, 0.05) is 20.3 Å². The Morgan fingerprint density at radius 1 is 1.67 bits per heavy atom. The van der Waals surface area contributed by atoms with Gasteiger partial charge in [0.2, 0.25) is 5.91 Å². The number of amides is 1. The summed E-state index contributed by atoms with van der Waals surface area (Å²) in [4.78, 5) is 11.4. The van der Waals surface area contributed by atoms with E-state index in [1.165, 1.54) is 0 Å². The maximum absolute atomic E-state index is 11.4. The van der Waals surface area contributed by atoms with E-state index >= 15 is 0 Å². The van der Waals surface area contributed by atoms with E-state index in [0.717, 1.165) is 6.42 Å². The van der Waals surface area contributed by atoms with Gasteiger partial charge in [-0.15, -0.1) is 0 Å². The number of hydrogen-bond donors (Lipinski definition) is 2. The number of nitriles is 1. The third-order valence-electron chi connectivity index (χ3n) is 2.00. The molecule has 2 unspecified atom stereocenters. The van der Waals surface area contributed by atoms with E-state index in [1.54, 1.807) is 14.0 Å². The van der Waals surface area contributed by atoms with Gasteiger partial charge in [0.25, 0.3) is 0 Å². The van der Waals surface area contributed by atoms with Crippen molar-refractivity contribution >= 4 is 5.91 Å². The second-order valence-electron chi connectivity index (χ2n) is 3.52. The summed E-state index contributed by atoms with van der Waals surface area (Å²) >= 11 is 0. The Bertz CT molecular complexity index is 225. The van der Waals surface area contributed by atoms with Crippen LogP contribution in [0.15, 0.2) is 0 Å². The molecule has 0 rings (SSSR count). The summed E-state index contributed by atoms with van der Waals surface area (Å²) in [5, 5.41) is 11.1. The molecule has 0 aliphatic carbocycles. The van der Waals surface area contributed by atoms with Crippen molar-refractivity contribution in [3.05, 3.63) is 0 Å². The molecule has 0 fully saturated rings. The molecule has 0 aromatic heterocycles. The third kappa shape index (κ3) is 6.89. The highest BCUT2D eigenvalue weighted by Gasteiger charge is 2.13. The van der Waals surface area contributed by atoms with Crippen LogP contribution < -0.4 is 11.1 Å². The lowest BCUT2D eigenvalue weighted by atomic mass is 10.1. The zero-order chi connectivity index (χ0) is 11.7. The molecule has 1 amide bonds. The molecule has 0 aliphatic heterocycles. The Morgan fingerprint density at radius 2 is 2.33 bits per heavy atom. The van der Waals surface area contributed by atoms with Crippen LogP contribution in [0.2, 0.25) is 0 Å². The van der Waals surface area contributed by atoms with E-state index in [1.807, 2.05) is 6.07 Å². The fourth-order valence-corrected chi connectivity index (χ4v) is 1.01. The molecule has 2 atom stereocenters. The van der Waals surface area contributed by atoms with E-state index in [4.69, 9.17) is 15.7 Å². The first-order chi connectivity index (χ1) is 7.11.